The van der Waals surface area contributed by atoms with E-state index in [1.165, 1.54) is 11.4 Å². The van der Waals surface area contributed by atoms with E-state index in [4.69, 9.17) is 10.4 Å². The maximum Gasteiger partial charge on any atom is 0.308 e. The highest BCUT2D eigenvalue weighted by atomic mass is 32.2. The first-order valence-corrected chi connectivity index (χ1v) is 7.43. The average Bonchev–Trinajstić information content (AvgIpc) is 2.71. The van der Waals surface area contributed by atoms with Crippen molar-refractivity contribution >= 4 is 16.2 Å². The summed E-state index contributed by atoms with van der Waals surface area (Å²) < 4.78 is 26.8. The lowest BCUT2D eigenvalue weighted by molar-refractivity contribution is -0.142. The van der Waals surface area contributed by atoms with E-state index in [-0.39, 0.29) is 25.6 Å². The van der Waals surface area contributed by atoms with Gasteiger partial charge in [0.15, 0.2) is 0 Å². The minimum absolute atomic E-state index is 0.00981. The van der Waals surface area contributed by atoms with Crippen LogP contribution in [0.15, 0.2) is 0 Å². The molecule has 1 saturated heterocycles. The summed E-state index contributed by atoms with van der Waals surface area (Å²) >= 11 is 0. The molecule has 0 spiro atoms. The van der Waals surface area contributed by atoms with Gasteiger partial charge in [0.1, 0.15) is 0 Å². The molecule has 0 aromatic heterocycles. The molecule has 0 aliphatic carbocycles. The Morgan fingerprint density at radius 1 is 1.58 bits per heavy atom. The van der Waals surface area contributed by atoms with E-state index in [1.807, 2.05) is 6.07 Å². The van der Waals surface area contributed by atoms with Gasteiger partial charge in [0.05, 0.1) is 17.9 Å². The van der Waals surface area contributed by atoms with Crippen molar-refractivity contribution in [1.82, 2.24) is 8.61 Å². The van der Waals surface area contributed by atoms with E-state index in [1.54, 1.807) is 13.8 Å². The zero-order valence-electron chi connectivity index (χ0n) is 11.3. The highest BCUT2D eigenvalue weighted by Crippen LogP contribution is 2.26. The third-order valence-electron chi connectivity index (χ3n) is 3.37. The molecule has 0 saturated carbocycles. The monoisotopic (exact) mass is 289 g/mol. The fourth-order valence-corrected chi connectivity index (χ4v) is 3.73. The van der Waals surface area contributed by atoms with Crippen LogP contribution in [-0.4, -0.2) is 54.8 Å². The third-order valence-corrected chi connectivity index (χ3v) is 5.26. The van der Waals surface area contributed by atoms with Gasteiger partial charge in [0.25, 0.3) is 10.2 Å². The van der Waals surface area contributed by atoms with Crippen LogP contribution in [0.3, 0.4) is 0 Å². The first-order valence-electron chi connectivity index (χ1n) is 6.04. The molecule has 0 radical (unpaired) electrons. The first kappa shape index (κ1) is 15.9. The Bertz CT molecular complexity index is 485. The lowest BCUT2D eigenvalue weighted by atomic mass is 9.99. The summed E-state index contributed by atoms with van der Waals surface area (Å²) in [5.41, 5.74) is 0. The van der Waals surface area contributed by atoms with Gasteiger partial charge in [0, 0.05) is 26.7 Å². The number of carbonyl (C=O) groups is 1. The second-order valence-electron chi connectivity index (χ2n) is 5.06. The van der Waals surface area contributed by atoms with Crippen molar-refractivity contribution in [2.45, 2.75) is 13.8 Å². The molecule has 1 aliphatic heterocycles. The number of hydrogen-bond acceptors (Lipinski definition) is 4. The molecular weight excluding hydrogens is 270 g/mol. The van der Waals surface area contributed by atoms with Crippen LogP contribution in [0.5, 0.6) is 0 Å². The van der Waals surface area contributed by atoms with Gasteiger partial charge in [-0.15, -0.1) is 0 Å². The van der Waals surface area contributed by atoms with E-state index in [0.29, 0.717) is 0 Å². The number of rotatable bonds is 5. The Balaban J connectivity index is 2.80. The summed E-state index contributed by atoms with van der Waals surface area (Å²) in [4.78, 5) is 11.0. The Hall–Kier alpha value is -1.17. The number of carboxylic acid groups (broad SMARTS) is 1. The molecule has 108 valence electrons. The van der Waals surface area contributed by atoms with E-state index < -0.39 is 28.0 Å². The second-order valence-corrected chi connectivity index (χ2v) is 7.09. The molecule has 8 heteroatoms. The minimum atomic E-state index is -3.69. The zero-order chi connectivity index (χ0) is 14.8. The fourth-order valence-electron chi connectivity index (χ4n) is 2.15. The van der Waals surface area contributed by atoms with Crippen LogP contribution in [-0.2, 0) is 15.0 Å². The molecule has 1 rings (SSSR count). The van der Waals surface area contributed by atoms with Gasteiger partial charge in [-0.1, -0.05) is 6.92 Å². The van der Waals surface area contributed by atoms with Crippen LogP contribution in [0, 0.1) is 29.1 Å². The van der Waals surface area contributed by atoms with E-state index in [9.17, 15) is 13.2 Å². The molecule has 1 N–H and O–H groups in total. The summed E-state index contributed by atoms with van der Waals surface area (Å²) in [6.07, 6.45) is 0. The van der Waals surface area contributed by atoms with Crippen molar-refractivity contribution in [1.29, 1.82) is 5.26 Å². The van der Waals surface area contributed by atoms with Crippen LogP contribution < -0.4 is 0 Å². The lowest BCUT2D eigenvalue weighted by Crippen LogP contribution is -2.42. The zero-order valence-corrected chi connectivity index (χ0v) is 12.1. The highest BCUT2D eigenvalue weighted by Gasteiger charge is 2.41. The Kier molecular flexibility index (Phi) is 4.90. The summed E-state index contributed by atoms with van der Waals surface area (Å²) in [5, 5.41) is 17.7. The van der Waals surface area contributed by atoms with Crippen molar-refractivity contribution in [2.24, 2.45) is 17.8 Å². The number of nitrogens with zero attached hydrogens (tertiary/aromatic N) is 3. The molecule has 3 atom stereocenters. The number of hydrogen-bond donors (Lipinski definition) is 1. The average molecular weight is 289 g/mol. The van der Waals surface area contributed by atoms with Crippen molar-refractivity contribution < 1.29 is 18.3 Å². The molecule has 0 aromatic rings. The van der Waals surface area contributed by atoms with Crippen LogP contribution in [0.4, 0.5) is 0 Å². The Morgan fingerprint density at radius 2 is 2.16 bits per heavy atom. The Labute approximate surface area is 113 Å². The van der Waals surface area contributed by atoms with Gasteiger partial charge in [-0.3, -0.25) is 4.79 Å². The normalized spacial score (nSPS) is 26.3. The molecule has 7 nitrogen and oxygen atoms in total. The fraction of sp³-hybridized carbons (Fsp3) is 0.818. The third kappa shape index (κ3) is 3.43. The number of nitriles is 1. The minimum Gasteiger partial charge on any atom is -0.481 e. The molecule has 1 aliphatic rings. The van der Waals surface area contributed by atoms with Gasteiger partial charge in [0.2, 0.25) is 0 Å². The molecule has 1 fully saturated rings. The molecule has 1 unspecified atom stereocenters. The highest BCUT2D eigenvalue weighted by molar-refractivity contribution is 7.86. The van der Waals surface area contributed by atoms with Crippen LogP contribution in [0.25, 0.3) is 0 Å². The second kappa shape index (κ2) is 5.86. The van der Waals surface area contributed by atoms with Crippen LogP contribution >= 0.6 is 0 Å². The smallest absolute Gasteiger partial charge is 0.308 e. The van der Waals surface area contributed by atoms with E-state index >= 15 is 0 Å². The number of carboxylic acids is 1. The summed E-state index contributed by atoms with van der Waals surface area (Å²) in [7, 11) is -2.29. The topological polar surface area (TPSA) is 102 Å². The SMILES string of the molecule is CC(C#N)CN(C)S(=O)(=O)N1C[C@@H](C)[C@H](C(=O)O)C1. The van der Waals surface area contributed by atoms with Gasteiger partial charge >= 0.3 is 5.97 Å². The molecular formula is C11H19N3O4S. The summed E-state index contributed by atoms with van der Waals surface area (Å²) in [5.74, 6) is -2.26. The predicted octanol–water partition coefficient (Wildman–Crippen LogP) is -0.0248. The largest absolute Gasteiger partial charge is 0.481 e. The first-order chi connectivity index (χ1) is 8.70. The molecule has 0 bridgehead atoms. The molecule has 19 heavy (non-hydrogen) atoms. The van der Waals surface area contributed by atoms with Crippen LogP contribution in [0.2, 0.25) is 0 Å². The van der Waals surface area contributed by atoms with Gasteiger partial charge in [-0.25, -0.2) is 0 Å². The lowest BCUT2D eigenvalue weighted by Gasteiger charge is -2.24. The van der Waals surface area contributed by atoms with Gasteiger partial charge in [-0.2, -0.15) is 22.3 Å². The van der Waals surface area contributed by atoms with Crippen molar-refractivity contribution in [3.63, 3.8) is 0 Å². The summed E-state index contributed by atoms with van der Waals surface area (Å²) in [6.45, 7) is 3.65. The molecule has 1 heterocycles. The maximum atomic E-state index is 12.2. The van der Waals surface area contributed by atoms with Crippen molar-refractivity contribution in [2.75, 3.05) is 26.7 Å². The van der Waals surface area contributed by atoms with E-state index in [0.717, 1.165) is 4.31 Å². The van der Waals surface area contributed by atoms with Gasteiger partial charge < -0.3 is 5.11 Å². The number of aliphatic carboxylic acids is 1. The van der Waals surface area contributed by atoms with Crippen molar-refractivity contribution in [3.05, 3.63) is 0 Å². The van der Waals surface area contributed by atoms with E-state index in [2.05, 4.69) is 0 Å². The predicted molar refractivity (Wildman–Crippen MR) is 68.2 cm³/mol. The standard InChI is InChI=1S/C11H19N3O4S/c1-8(4-12)5-13(3)19(17,18)14-6-9(2)10(7-14)11(15)16/h8-10H,5-7H2,1-3H3,(H,15,16)/t8?,9-,10-/m1/s1. The quantitative estimate of drug-likeness (QED) is 0.766. The van der Waals surface area contributed by atoms with Crippen molar-refractivity contribution in [3.8, 4) is 6.07 Å². The summed E-state index contributed by atoms with van der Waals surface area (Å²) in [6, 6.07) is 1.98. The van der Waals surface area contributed by atoms with Gasteiger partial charge in [-0.05, 0) is 12.8 Å². The molecule has 0 aromatic carbocycles. The Morgan fingerprint density at radius 3 is 2.58 bits per heavy atom. The molecule has 0 amide bonds. The van der Waals surface area contributed by atoms with Crippen LogP contribution in [0.1, 0.15) is 13.8 Å². The maximum absolute atomic E-state index is 12.2.